The fourth-order valence-electron chi connectivity index (χ4n) is 4.10. The van der Waals surface area contributed by atoms with E-state index in [2.05, 4.69) is 4.90 Å². The van der Waals surface area contributed by atoms with Crippen molar-refractivity contribution in [2.24, 2.45) is 0 Å². The van der Waals surface area contributed by atoms with Crippen LogP contribution in [0.5, 0.6) is 5.75 Å². The summed E-state index contributed by atoms with van der Waals surface area (Å²) in [4.78, 5) is 17.7. The van der Waals surface area contributed by atoms with Crippen LogP contribution < -0.4 is 4.74 Å². The molecule has 2 aromatic rings. The number of thiophene rings is 1. The van der Waals surface area contributed by atoms with Crippen LogP contribution in [0, 0.1) is 5.82 Å². The van der Waals surface area contributed by atoms with Gasteiger partial charge >= 0.3 is 0 Å². The minimum absolute atomic E-state index is 0.0680. The first-order chi connectivity index (χ1) is 13.6. The van der Waals surface area contributed by atoms with Gasteiger partial charge < -0.3 is 9.64 Å². The number of carbonyl (C=O) groups excluding carboxylic acids is 1. The van der Waals surface area contributed by atoms with Crippen molar-refractivity contribution in [3.8, 4) is 5.75 Å². The zero-order chi connectivity index (χ0) is 19.5. The van der Waals surface area contributed by atoms with E-state index in [9.17, 15) is 9.18 Å². The topological polar surface area (TPSA) is 32.8 Å². The number of ether oxygens (including phenoxy) is 1. The summed E-state index contributed by atoms with van der Waals surface area (Å²) in [5, 5.41) is 0. The van der Waals surface area contributed by atoms with Crippen LogP contribution in [-0.4, -0.2) is 54.0 Å². The van der Waals surface area contributed by atoms with Crippen molar-refractivity contribution in [2.45, 2.75) is 37.8 Å². The third-order valence-electron chi connectivity index (χ3n) is 5.66. The van der Waals surface area contributed by atoms with Crippen molar-refractivity contribution >= 4 is 28.8 Å². The molecule has 3 heterocycles. The highest BCUT2D eigenvalue weighted by Gasteiger charge is 2.31. The van der Waals surface area contributed by atoms with Gasteiger partial charge in [-0.2, -0.15) is 0 Å². The average molecular weight is 423 g/mol. The Morgan fingerprint density at radius 1 is 1.04 bits per heavy atom. The summed E-state index contributed by atoms with van der Waals surface area (Å²) in [6.45, 7) is 3.48. The maximum absolute atomic E-state index is 13.8. The van der Waals surface area contributed by atoms with Crippen LogP contribution in [0.4, 0.5) is 4.39 Å². The predicted octanol–water partition coefficient (Wildman–Crippen LogP) is 4.69. The molecule has 2 fully saturated rings. The Hall–Kier alpha value is -1.63. The first kappa shape index (κ1) is 19.7. The van der Waals surface area contributed by atoms with E-state index in [0.29, 0.717) is 16.1 Å². The lowest BCUT2D eigenvalue weighted by atomic mass is 9.98. The molecule has 0 N–H and O–H groups in total. The lowest BCUT2D eigenvalue weighted by Gasteiger charge is -2.41. The number of hydrogen-bond acceptors (Lipinski definition) is 4. The number of benzene rings is 1. The van der Waals surface area contributed by atoms with E-state index in [1.807, 2.05) is 11.0 Å². The molecule has 0 aliphatic carbocycles. The Balaban J connectivity index is 1.24. The molecule has 4 rings (SSSR count). The van der Waals surface area contributed by atoms with Crippen molar-refractivity contribution in [2.75, 3.05) is 26.2 Å². The maximum atomic E-state index is 13.8. The lowest BCUT2D eigenvalue weighted by Crippen LogP contribution is -2.50. The number of piperidine rings is 2. The van der Waals surface area contributed by atoms with Crippen LogP contribution in [0.3, 0.4) is 0 Å². The molecule has 1 aromatic carbocycles. The standard InChI is InChI=1S/C21H24ClFN2O2S/c22-20-6-5-19(28-20)21(26)25-11-7-15(8-12-25)24-13-9-16(10-14-24)27-18-4-2-1-3-17(18)23/h1-6,15-16H,7-14H2. The molecule has 2 aliphatic rings. The van der Waals surface area contributed by atoms with E-state index in [1.54, 1.807) is 24.3 Å². The van der Waals surface area contributed by atoms with E-state index < -0.39 is 0 Å². The molecule has 150 valence electrons. The number of rotatable bonds is 4. The Morgan fingerprint density at radius 2 is 1.75 bits per heavy atom. The lowest BCUT2D eigenvalue weighted by molar-refractivity contribution is 0.0418. The summed E-state index contributed by atoms with van der Waals surface area (Å²) in [6, 6.07) is 10.7. The third kappa shape index (κ3) is 4.50. The Morgan fingerprint density at radius 3 is 2.39 bits per heavy atom. The zero-order valence-corrected chi connectivity index (χ0v) is 17.2. The van der Waals surface area contributed by atoms with Gasteiger partial charge in [0.15, 0.2) is 11.6 Å². The van der Waals surface area contributed by atoms with Gasteiger partial charge in [0.1, 0.15) is 6.10 Å². The minimum atomic E-state index is -0.297. The second-order valence-electron chi connectivity index (χ2n) is 7.41. The van der Waals surface area contributed by atoms with Crippen molar-refractivity contribution in [3.05, 3.63) is 51.4 Å². The van der Waals surface area contributed by atoms with Gasteiger partial charge in [-0.05, 0) is 49.9 Å². The molecule has 0 atom stereocenters. The fourth-order valence-corrected chi connectivity index (χ4v) is 5.11. The Kier molecular flexibility index (Phi) is 6.19. The highest BCUT2D eigenvalue weighted by molar-refractivity contribution is 7.17. The van der Waals surface area contributed by atoms with Crippen LogP contribution >= 0.6 is 22.9 Å². The van der Waals surface area contributed by atoms with Gasteiger partial charge in [0.05, 0.1) is 9.21 Å². The largest absolute Gasteiger partial charge is 0.487 e. The number of carbonyl (C=O) groups is 1. The summed E-state index contributed by atoms with van der Waals surface area (Å²) in [5.74, 6) is 0.141. The summed E-state index contributed by atoms with van der Waals surface area (Å²) < 4.78 is 20.3. The third-order valence-corrected chi connectivity index (χ3v) is 6.88. The van der Waals surface area contributed by atoms with E-state index in [0.717, 1.165) is 56.7 Å². The summed E-state index contributed by atoms with van der Waals surface area (Å²) in [6.07, 6.45) is 3.86. The number of amides is 1. The molecule has 4 nitrogen and oxygen atoms in total. The quantitative estimate of drug-likeness (QED) is 0.716. The van der Waals surface area contributed by atoms with Crippen molar-refractivity contribution in [3.63, 3.8) is 0 Å². The normalized spacial score (nSPS) is 19.7. The molecule has 2 aliphatic heterocycles. The van der Waals surface area contributed by atoms with Crippen LogP contribution in [0.25, 0.3) is 0 Å². The Bertz CT molecular complexity index is 814. The van der Waals surface area contributed by atoms with E-state index in [1.165, 1.54) is 17.4 Å². The molecule has 7 heteroatoms. The predicted molar refractivity (Wildman–Crippen MR) is 110 cm³/mol. The number of likely N-dealkylation sites (tertiary alicyclic amines) is 2. The molecule has 0 spiro atoms. The van der Waals surface area contributed by atoms with Crippen LogP contribution in [0.15, 0.2) is 36.4 Å². The molecular formula is C21H24ClFN2O2S. The van der Waals surface area contributed by atoms with Gasteiger partial charge in [-0.15, -0.1) is 11.3 Å². The zero-order valence-electron chi connectivity index (χ0n) is 15.7. The van der Waals surface area contributed by atoms with Crippen molar-refractivity contribution in [1.29, 1.82) is 0 Å². The second kappa shape index (κ2) is 8.80. The molecular weight excluding hydrogens is 399 g/mol. The van der Waals surface area contributed by atoms with Gasteiger partial charge in [-0.1, -0.05) is 23.7 Å². The number of nitrogens with zero attached hydrogens (tertiary/aromatic N) is 2. The molecule has 2 saturated heterocycles. The molecule has 0 saturated carbocycles. The molecule has 0 radical (unpaired) electrons. The Labute approximate surface area is 173 Å². The van der Waals surface area contributed by atoms with Crippen molar-refractivity contribution < 1.29 is 13.9 Å². The number of halogens is 2. The molecule has 28 heavy (non-hydrogen) atoms. The highest BCUT2D eigenvalue weighted by Crippen LogP contribution is 2.27. The molecule has 1 aromatic heterocycles. The van der Waals surface area contributed by atoms with E-state index in [4.69, 9.17) is 16.3 Å². The summed E-state index contributed by atoms with van der Waals surface area (Å²) in [7, 11) is 0. The van der Waals surface area contributed by atoms with Crippen LogP contribution in [-0.2, 0) is 0 Å². The maximum Gasteiger partial charge on any atom is 0.263 e. The van der Waals surface area contributed by atoms with Gasteiger partial charge in [-0.3, -0.25) is 9.69 Å². The monoisotopic (exact) mass is 422 g/mol. The summed E-state index contributed by atoms with van der Waals surface area (Å²) in [5.41, 5.74) is 0. The average Bonchev–Trinajstić information content (AvgIpc) is 3.16. The smallest absolute Gasteiger partial charge is 0.263 e. The number of hydrogen-bond donors (Lipinski definition) is 0. The molecule has 0 unspecified atom stereocenters. The molecule has 1 amide bonds. The highest BCUT2D eigenvalue weighted by atomic mass is 35.5. The SMILES string of the molecule is O=C(c1ccc(Cl)s1)N1CCC(N2CCC(Oc3ccccc3F)CC2)CC1. The second-order valence-corrected chi connectivity index (χ2v) is 9.13. The van der Waals surface area contributed by atoms with Crippen LogP contribution in [0.1, 0.15) is 35.4 Å². The first-order valence-corrected chi connectivity index (χ1v) is 11.0. The first-order valence-electron chi connectivity index (χ1n) is 9.80. The van der Waals surface area contributed by atoms with Crippen LogP contribution in [0.2, 0.25) is 4.34 Å². The van der Waals surface area contributed by atoms with Gasteiger partial charge in [0.25, 0.3) is 5.91 Å². The van der Waals surface area contributed by atoms with Gasteiger partial charge in [0, 0.05) is 32.2 Å². The van der Waals surface area contributed by atoms with E-state index >= 15 is 0 Å². The van der Waals surface area contributed by atoms with Gasteiger partial charge in [-0.25, -0.2) is 4.39 Å². The number of para-hydroxylation sites is 1. The summed E-state index contributed by atoms with van der Waals surface area (Å²) >= 11 is 7.29. The minimum Gasteiger partial charge on any atom is -0.487 e. The van der Waals surface area contributed by atoms with Gasteiger partial charge in [0.2, 0.25) is 0 Å². The molecule has 0 bridgehead atoms. The van der Waals surface area contributed by atoms with Crippen molar-refractivity contribution in [1.82, 2.24) is 9.80 Å². The van der Waals surface area contributed by atoms with E-state index in [-0.39, 0.29) is 17.8 Å². The fraction of sp³-hybridized carbons (Fsp3) is 0.476.